The molecule has 76 valence electrons. The maximum absolute atomic E-state index is 9.32. The van der Waals surface area contributed by atoms with E-state index in [0.29, 0.717) is 5.02 Å². The number of aromatic hydroxyl groups is 1. The molecule has 1 aromatic carbocycles. The predicted molar refractivity (Wildman–Crippen MR) is 60.7 cm³/mol. The molecule has 2 nitrogen and oxygen atoms in total. The van der Waals surface area contributed by atoms with Gasteiger partial charge in [0.2, 0.25) is 0 Å². The minimum Gasteiger partial charge on any atom is -0.506 e. The Hall–Kier alpha value is -0.990. The van der Waals surface area contributed by atoms with E-state index in [0.717, 1.165) is 18.5 Å². The molecular weight excluding hydrogens is 198 g/mol. The SMILES string of the molecule is CNCCC=Cc1cccc(O)c1Cl. The number of phenols is 1. The summed E-state index contributed by atoms with van der Waals surface area (Å²) in [5.41, 5.74) is 0.850. The molecule has 1 aromatic rings. The van der Waals surface area contributed by atoms with E-state index in [9.17, 15) is 5.11 Å². The minimum absolute atomic E-state index is 0.127. The first kappa shape index (κ1) is 11.1. The van der Waals surface area contributed by atoms with Crippen molar-refractivity contribution in [2.24, 2.45) is 0 Å². The van der Waals surface area contributed by atoms with Gasteiger partial charge in [0, 0.05) is 0 Å². The highest BCUT2D eigenvalue weighted by atomic mass is 35.5. The third kappa shape index (κ3) is 3.05. The Morgan fingerprint density at radius 1 is 1.50 bits per heavy atom. The van der Waals surface area contributed by atoms with Gasteiger partial charge in [-0.25, -0.2) is 0 Å². The van der Waals surface area contributed by atoms with E-state index in [1.807, 2.05) is 25.3 Å². The second kappa shape index (κ2) is 5.68. The first-order chi connectivity index (χ1) is 6.75. The summed E-state index contributed by atoms with van der Waals surface area (Å²) in [7, 11) is 1.91. The molecular formula is C11H14ClNO. The maximum Gasteiger partial charge on any atom is 0.134 e. The van der Waals surface area contributed by atoms with Crippen molar-refractivity contribution in [3.63, 3.8) is 0 Å². The van der Waals surface area contributed by atoms with Gasteiger partial charge in [-0.1, -0.05) is 35.9 Å². The van der Waals surface area contributed by atoms with E-state index in [1.165, 1.54) is 0 Å². The van der Waals surface area contributed by atoms with Crippen LogP contribution in [0.15, 0.2) is 24.3 Å². The number of nitrogens with one attached hydrogen (secondary N) is 1. The molecule has 3 heteroatoms. The number of phenolic OH excluding ortho intramolecular Hbond substituents is 1. The standard InChI is InChI=1S/C11H14ClNO/c1-13-8-3-2-5-9-6-4-7-10(14)11(9)12/h2,4-7,13-14H,3,8H2,1H3. The zero-order chi connectivity index (χ0) is 10.4. The van der Waals surface area contributed by atoms with Crippen molar-refractivity contribution in [3.8, 4) is 5.75 Å². The predicted octanol–water partition coefficient (Wildman–Crippen LogP) is 2.67. The lowest BCUT2D eigenvalue weighted by atomic mass is 10.2. The van der Waals surface area contributed by atoms with Crippen LogP contribution >= 0.6 is 11.6 Å². The number of halogens is 1. The Bertz CT molecular complexity index is 323. The fourth-order valence-corrected chi connectivity index (χ4v) is 1.29. The minimum atomic E-state index is 0.127. The summed E-state index contributed by atoms with van der Waals surface area (Å²) < 4.78 is 0. The van der Waals surface area contributed by atoms with Gasteiger partial charge in [-0.3, -0.25) is 0 Å². The Labute approximate surface area is 89.2 Å². The molecule has 0 aromatic heterocycles. The Kier molecular flexibility index (Phi) is 4.50. The molecule has 0 saturated carbocycles. The van der Waals surface area contributed by atoms with Crippen molar-refractivity contribution in [2.75, 3.05) is 13.6 Å². The van der Waals surface area contributed by atoms with Gasteiger partial charge in [0.1, 0.15) is 5.75 Å². The Morgan fingerprint density at radius 2 is 2.29 bits per heavy atom. The summed E-state index contributed by atoms with van der Waals surface area (Å²) in [5.74, 6) is 0.127. The van der Waals surface area contributed by atoms with E-state index >= 15 is 0 Å². The lowest BCUT2D eigenvalue weighted by Crippen LogP contribution is -2.05. The van der Waals surface area contributed by atoms with E-state index in [-0.39, 0.29) is 5.75 Å². The molecule has 0 heterocycles. The van der Waals surface area contributed by atoms with E-state index in [4.69, 9.17) is 11.6 Å². The first-order valence-electron chi connectivity index (χ1n) is 4.54. The van der Waals surface area contributed by atoms with Crippen LogP contribution in [-0.2, 0) is 0 Å². The van der Waals surface area contributed by atoms with Gasteiger partial charge in [-0.2, -0.15) is 0 Å². The average Bonchev–Trinajstić information content (AvgIpc) is 2.19. The molecule has 0 unspecified atom stereocenters. The number of hydrogen-bond acceptors (Lipinski definition) is 2. The molecule has 0 aliphatic carbocycles. The second-order valence-electron chi connectivity index (χ2n) is 2.97. The van der Waals surface area contributed by atoms with Crippen LogP contribution in [0.3, 0.4) is 0 Å². The van der Waals surface area contributed by atoms with Crippen molar-refractivity contribution in [2.45, 2.75) is 6.42 Å². The quantitative estimate of drug-likeness (QED) is 0.751. The molecule has 0 radical (unpaired) electrons. The van der Waals surface area contributed by atoms with Gasteiger partial charge < -0.3 is 10.4 Å². The van der Waals surface area contributed by atoms with Crippen molar-refractivity contribution < 1.29 is 5.11 Å². The van der Waals surface area contributed by atoms with Crippen molar-refractivity contribution >= 4 is 17.7 Å². The molecule has 0 bridgehead atoms. The molecule has 2 N–H and O–H groups in total. The van der Waals surface area contributed by atoms with Crippen LogP contribution in [0.5, 0.6) is 5.75 Å². The van der Waals surface area contributed by atoms with Crippen molar-refractivity contribution in [3.05, 3.63) is 34.9 Å². The van der Waals surface area contributed by atoms with Crippen LogP contribution in [-0.4, -0.2) is 18.7 Å². The summed E-state index contributed by atoms with van der Waals surface area (Å²) in [6.45, 7) is 0.937. The van der Waals surface area contributed by atoms with Crippen LogP contribution < -0.4 is 5.32 Å². The average molecular weight is 212 g/mol. The molecule has 0 spiro atoms. The molecule has 0 aliphatic rings. The van der Waals surface area contributed by atoms with Crippen molar-refractivity contribution in [1.82, 2.24) is 5.32 Å². The Morgan fingerprint density at radius 3 is 3.00 bits per heavy atom. The highest BCUT2D eigenvalue weighted by Gasteiger charge is 2.00. The smallest absolute Gasteiger partial charge is 0.134 e. The zero-order valence-corrected chi connectivity index (χ0v) is 8.88. The fraction of sp³-hybridized carbons (Fsp3) is 0.273. The van der Waals surface area contributed by atoms with Gasteiger partial charge in [-0.05, 0) is 31.6 Å². The Balaban J connectivity index is 2.67. The fourth-order valence-electron chi connectivity index (χ4n) is 1.10. The van der Waals surface area contributed by atoms with Gasteiger partial charge in [0.25, 0.3) is 0 Å². The van der Waals surface area contributed by atoms with Crippen LogP contribution in [0.25, 0.3) is 6.08 Å². The molecule has 0 amide bonds. The van der Waals surface area contributed by atoms with Gasteiger partial charge in [0.05, 0.1) is 5.02 Å². The molecule has 0 aliphatic heterocycles. The largest absolute Gasteiger partial charge is 0.506 e. The van der Waals surface area contributed by atoms with E-state index < -0.39 is 0 Å². The topological polar surface area (TPSA) is 32.3 Å². The maximum atomic E-state index is 9.32. The zero-order valence-electron chi connectivity index (χ0n) is 8.13. The highest BCUT2D eigenvalue weighted by molar-refractivity contribution is 6.33. The van der Waals surface area contributed by atoms with Crippen LogP contribution in [0.2, 0.25) is 5.02 Å². The summed E-state index contributed by atoms with van der Waals surface area (Å²) in [6.07, 6.45) is 4.89. The molecule has 1 rings (SSSR count). The van der Waals surface area contributed by atoms with Crippen LogP contribution in [0.1, 0.15) is 12.0 Å². The molecule has 14 heavy (non-hydrogen) atoms. The van der Waals surface area contributed by atoms with Gasteiger partial charge in [-0.15, -0.1) is 0 Å². The monoisotopic (exact) mass is 211 g/mol. The van der Waals surface area contributed by atoms with E-state index in [1.54, 1.807) is 12.1 Å². The summed E-state index contributed by atoms with van der Waals surface area (Å²) in [5, 5.41) is 12.8. The molecule has 0 atom stereocenters. The number of hydrogen-bond donors (Lipinski definition) is 2. The van der Waals surface area contributed by atoms with Gasteiger partial charge in [0.15, 0.2) is 0 Å². The summed E-state index contributed by atoms with van der Waals surface area (Å²) >= 11 is 5.89. The lowest BCUT2D eigenvalue weighted by Gasteiger charge is -2.00. The summed E-state index contributed by atoms with van der Waals surface area (Å²) in [6, 6.07) is 5.23. The highest BCUT2D eigenvalue weighted by Crippen LogP contribution is 2.27. The summed E-state index contributed by atoms with van der Waals surface area (Å²) in [4.78, 5) is 0. The normalized spacial score (nSPS) is 11.0. The van der Waals surface area contributed by atoms with Crippen LogP contribution in [0.4, 0.5) is 0 Å². The van der Waals surface area contributed by atoms with Crippen LogP contribution in [0, 0.1) is 0 Å². The second-order valence-corrected chi connectivity index (χ2v) is 3.35. The lowest BCUT2D eigenvalue weighted by molar-refractivity contribution is 0.475. The van der Waals surface area contributed by atoms with Gasteiger partial charge >= 0.3 is 0 Å². The third-order valence-electron chi connectivity index (χ3n) is 1.87. The third-order valence-corrected chi connectivity index (χ3v) is 2.28. The van der Waals surface area contributed by atoms with E-state index in [2.05, 4.69) is 5.32 Å². The number of benzene rings is 1. The first-order valence-corrected chi connectivity index (χ1v) is 4.92. The molecule has 0 fully saturated rings. The molecule has 0 saturated heterocycles. The van der Waals surface area contributed by atoms with Crippen molar-refractivity contribution in [1.29, 1.82) is 0 Å². The number of rotatable bonds is 4.